The number of rotatable bonds is 6. The molecule has 2 rings (SSSR count). The van der Waals surface area contributed by atoms with Crippen molar-refractivity contribution < 1.29 is 10.0 Å². The van der Waals surface area contributed by atoms with Gasteiger partial charge in [0.15, 0.2) is 0 Å². The van der Waals surface area contributed by atoms with E-state index in [0.29, 0.717) is 5.56 Å². The van der Waals surface area contributed by atoms with Crippen LogP contribution in [-0.4, -0.2) is 16.9 Å². The third-order valence-corrected chi connectivity index (χ3v) is 4.04. The van der Waals surface area contributed by atoms with Gasteiger partial charge in [0.05, 0.1) is 0 Å². The molecule has 20 heavy (non-hydrogen) atoms. The van der Waals surface area contributed by atoms with Gasteiger partial charge in [0, 0.05) is 10.5 Å². The van der Waals surface area contributed by atoms with Crippen LogP contribution in [-0.2, 0) is 6.42 Å². The third-order valence-electron chi connectivity index (χ3n) is 2.94. The first kappa shape index (κ1) is 14.6. The number of benzene rings is 2. The maximum Gasteiger partial charge on any atom is 0.274 e. The number of hydrogen-bond acceptors (Lipinski definition) is 3. The molecule has 0 aliphatic carbocycles. The molecular weight excluding hydrogens is 270 g/mol. The van der Waals surface area contributed by atoms with Crippen LogP contribution in [0.5, 0.6) is 0 Å². The summed E-state index contributed by atoms with van der Waals surface area (Å²) in [5, 5.41) is 8.54. The van der Waals surface area contributed by atoms with Crippen LogP contribution < -0.4 is 5.48 Å². The Balaban J connectivity index is 1.75. The van der Waals surface area contributed by atoms with E-state index in [2.05, 4.69) is 12.1 Å². The minimum absolute atomic E-state index is 0.468. The van der Waals surface area contributed by atoms with Gasteiger partial charge in [-0.3, -0.25) is 10.0 Å². The van der Waals surface area contributed by atoms with Gasteiger partial charge in [-0.2, -0.15) is 0 Å². The van der Waals surface area contributed by atoms with Crippen LogP contribution in [0, 0.1) is 0 Å². The molecule has 0 atom stereocenters. The van der Waals surface area contributed by atoms with Gasteiger partial charge in [0.2, 0.25) is 0 Å². The fraction of sp³-hybridized carbons (Fsp3) is 0.188. The summed E-state index contributed by atoms with van der Waals surface area (Å²) < 4.78 is 0. The van der Waals surface area contributed by atoms with E-state index in [9.17, 15) is 4.79 Å². The van der Waals surface area contributed by atoms with Crippen molar-refractivity contribution in [1.29, 1.82) is 0 Å². The van der Waals surface area contributed by atoms with Crippen LogP contribution in [0.25, 0.3) is 0 Å². The molecular formula is C16H17NO2S. The number of aryl methyl sites for hydroxylation is 1. The van der Waals surface area contributed by atoms with Gasteiger partial charge in [0.1, 0.15) is 0 Å². The molecule has 2 aromatic carbocycles. The van der Waals surface area contributed by atoms with E-state index >= 15 is 0 Å². The molecule has 0 unspecified atom stereocenters. The largest absolute Gasteiger partial charge is 0.288 e. The molecule has 0 aromatic heterocycles. The molecule has 3 nitrogen and oxygen atoms in total. The van der Waals surface area contributed by atoms with E-state index in [1.54, 1.807) is 17.6 Å². The molecule has 0 bridgehead atoms. The van der Waals surface area contributed by atoms with E-state index in [-0.39, 0.29) is 0 Å². The Bertz CT molecular complexity index is 540. The Kier molecular flexibility index (Phi) is 5.65. The smallest absolute Gasteiger partial charge is 0.274 e. The Morgan fingerprint density at radius 3 is 2.40 bits per heavy atom. The first-order chi connectivity index (χ1) is 9.79. The molecule has 0 radical (unpaired) electrons. The zero-order chi connectivity index (χ0) is 14.2. The molecule has 4 heteroatoms. The predicted molar refractivity (Wildman–Crippen MR) is 81.2 cm³/mol. The summed E-state index contributed by atoms with van der Waals surface area (Å²) in [4.78, 5) is 12.5. The lowest BCUT2D eigenvalue weighted by atomic mass is 10.1. The topological polar surface area (TPSA) is 49.3 Å². The van der Waals surface area contributed by atoms with Gasteiger partial charge < -0.3 is 0 Å². The van der Waals surface area contributed by atoms with Gasteiger partial charge in [-0.1, -0.05) is 30.3 Å². The lowest BCUT2D eigenvalue weighted by molar-refractivity contribution is 0.0706. The summed E-state index contributed by atoms with van der Waals surface area (Å²) in [6.45, 7) is 0. The van der Waals surface area contributed by atoms with Crippen molar-refractivity contribution in [2.75, 3.05) is 5.75 Å². The Labute approximate surface area is 123 Å². The summed E-state index contributed by atoms with van der Waals surface area (Å²) in [5.74, 6) is 0.597. The van der Waals surface area contributed by atoms with Crippen molar-refractivity contribution >= 4 is 17.7 Å². The molecule has 0 aliphatic heterocycles. The van der Waals surface area contributed by atoms with Gasteiger partial charge in [-0.25, -0.2) is 5.48 Å². The van der Waals surface area contributed by atoms with Gasteiger partial charge in [-0.05, 0) is 48.4 Å². The number of carbonyl (C=O) groups is 1. The van der Waals surface area contributed by atoms with E-state index in [0.717, 1.165) is 18.6 Å². The molecule has 2 aromatic rings. The average molecular weight is 287 g/mol. The monoisotopic (exact) mass is 287 g/mol. The van der Waals surface area contributed by atoms with Crippen LogP contribution in [0.1, 0.15) is 22.3 Å². The lowest BCUT2D eigenvalue weighted by Gasteiger charge is -2.04. The maximum atomic E-state index is 11.2. The van der Waals surface area contributed by atoms with Crippen LogP contribution >= 0.6 is 11.8 Å². The molecule has 2 N–H and O–H groups in total. The van der Waals surface area contributed by atoms with Crippen molar-refractivity contribution in [3.05, 3.63) is 65.7 Å². The van der Waals surface area contributed by atoms with Gasteiger partial charge in [-0.15, -0.1) is 11.8 Å². The van der Waals surface area contributed by atoms with Gasteiger partial charge in [0.25, 0.3) is 5.91 Å². The minimum atomic E-state index is -0.476. The standard InChI is InChI=1S/C16H17NO2S/c18-16(17-19)14-10-8-13(9-11-14)5-4-12-20-15-6-2-1-3-7-15/h1-3,6-11,19H,4-5,12H2,(H,17,18). The first-order valence-corrected chi connectivity index (χ1v) is 7.49. The number of nitrogens with one attached hydrogen (secondary N) is 1. The highest BCUT2D eigenvalue weighted by Crippen LogP contribution is 2.18. The van der Waals surface area contributed by atoms with E-state index in [4.69, 9.17) is 5.21 Å². The zero-order valence-corrected chi connectivity index (χ0v) is 11.9. The molecule has 0 aliphatic rings. The highest BCUT2D eigenvalue weighted by Gasteiger charge is 2.03. The second-order valence-electron chi connectivity index (χ2n) is 4.40. The Morgan fingerprint density at radius 1 is 1.05 bits per heavy atom. The second-order valence-corrected chi connectivity index (χ2v) is 5.57. The summed E-state index contributed by atoms with van der Waals surface area (Å²) in [5.41, 5.74) is 3.30. The summed E-state index contributed by atoms with van der Waals surface area (Å²) >= 11 is 1.85. The van der Waals surface area contributed by atoms with Crippen molar-refractivity contribution in [3.63, 3.8) is 0 Å². The summed E-state index contributed by atoms with van der Waals surface area (Å²) in [7, 11) is 0. The lowest BCUT2D eigenvalue weighted by Crippen LogP contribution is -2.18. The predicted octanol–water partition coefficient (Wildman–Crippen LogP) is 3.53. The zero-order valence-electron chi connectivity index (χ0n) is 11.1. The fourth-order valence-electron chi connectivity index (χ4n) is 1.87. The summed E-state index contributed by atoms with van der Waals surface area (Å²) in [6.07, 6.45) is 2.08. The first-order valence-electron chi connectivity index (χ1n) is 6.51. The van der Waals surface area contributed by atoms with Crippen LogP contribution in [0.4, 0.5) is 0 Å². The molecule has 1 amide bonds. The number of amides is 1. The fourth-order valence-corrected chi connectivity index (χ4v) is 2.74. The highest BCUT2D eigenvalue weighted by atomic mass is 32.2. The number of hydrogen-bond donors (Lipinski definition) is 2. The molecule has 0 saturated heterocycles. The van der Waals surface area contributed by atoms with Crippen molar-refractivity contribution in [1.82, 2.24) is 5.48 Å². The normalized spacial score (nSPS) is 10.2. The molecule has 0 fully saturated rings. The number of thioether (sulfide) groups is 1. The van der Waals surface area contributed by atoms with E-state index < -0.39 is 5.91 Å². The quantitative estimate of drug-likeness (QED) is 0.370. The number of carbonyl (C=O) groups excluding carboxylic acids is 1. The van der Waals surface area contributed by atoms with Crippen molar-refractivity contribution in [2.45, 2.75) is 17.7 Å². The molecule has 0 spiro atoms. The van der Waals surface area contributed by atoms with Crippen LogP contribution in [0.3, 0.4) is 0 Å². The Hall–Kier alpha value is -1.78. The maximum absolute atomic E-state index is 11.2. The SMILES string of the molecule is O=C(NO)c1ccc(CCCSc2ccccc2)cc1. The minimum Gasteiger partial charge on any atom is -0.288 e. The Morgan fingerprint density at radius 2 is 1.75 bits per heavy atom. The number of hydroxylamine groups is 1. The van der Waals surface area contributed by atoms with E-state index in [1.807, 2.05) is 42.1 Å². The molecule has 104 valence electrons. The van der Waals surface area contributed by atoms with E-state index in [1.165, 1.54) is 10.5 Å². The van der Waals surface area contributed by atoms with Crippen LogP contribution in [0.2, 0.25) is 0 Å². The highest BCUT2D eigenvalue weighted by molar-refractivity contribution is 7.99. The molecule has 0 heterocycles. The van der Waals surface area contributed by atoms with Gasteiger partial charge >= 0.3 is 0 Å². The average Bonchev–Trinajstić information content (AvgIpc) is 2.52. The third kappa shape index (κ3) is 4.40. The van der Waals surface area contributed by atoms with Crippen molar-refractivity contribution in [2.24, 2.45) is 0 Å². The molecule has 0 saturated carbocycles. The van der Waals surface area contributed by atoms with Crippen molar-refractivity contribution in [3.8, 4) is 0 Å². The van der Waals surface area contributed by atoms with Crippen LogP contribution in [0.15, 0.2) is 59.5 Å². The second kappa shape index (κ2) is 7.72. The summed E-state index contributed by atoms with van der Waals surface area (Å²) in [6, 6.07) is 17.7.